The fourth-order valence-electron chi connectivity index (χ4n) is 7.45. The van der Waals surface area contributed by atoms with Gasteiger partial charge >= 0.3 is 0 Å². The number of hydrogen-bond donors (Lipinski definition) is 1. The summed E-state index contributed by atoms with van der Waals surface area (Å²) < 4.78 is 7.39. The van der Waals surface area contributed by atoms with Crippen LogP contribution >= 0.6 is 0 Å². The van der Waals surface area contributed by atoms with E-state index in [1.54, 1.807) is 0 Å². The van der Waals surface area contributed by atoms with Gasteiger partial charge in [0.15, 0.2) is 0 Å². The van der Waals surface area contributed by atoms with Crippen molar-refractivity contribution in [2.45, 2.75) is 120 Å². The average molecular weight is 608 g/mol. The monoisotopic (exact) mass is 607 g/mol. The summed E-state index contributed by atoms with van der Waals surface area (Å²) in [5.41, 5.74) is 12.2. The molecule has 2 aliphatic heterocycles. The van der Waals surface area contributed by atoms with E-state index in [1.165, 1.54) is 55.8 Å². The van der Waals surface area contributed by atoms with Crippen molar-refractivity contribution < 1.29 is 9.84 Å². The largest absolute Gasteiger partial charge is 0.392 e. The van der Waals surface area contributed by atoms with Gasteiger partial charge < -0.3 is 14.7 Å². The highest BCUT2D eigenvalue weighted by molar-refractivity contribution is 5.86. The Bertz CT molecular complexity index is 1570. The molecule has 0 radical (unpaired) electrons. The number of fused-ring (bicyclic) bond motifs is 5. The summed E-state index contributed by atoms with van der Waals surface area (Å²) in [6.45, 7) is 27.4. The summed E-state index contributed by atoms with van der Waals surface area (Å²) in [5.74, 6) is 0.552. The number of benzene rings is 3. The molecule has 2 heterocycles. The number of ether oxygens (including phenoxy) is 1. The van der Waals surface area contributed by atoms with E-state index in [-0.39, 0.29) is 23.0 Å². The Morgan fingerprint density at radius 1 is 0.867 bits per heavy atom. The number of aliphatic hydroxyl groups is 1. The maximum absolute atomic E-state index is 11.3. The molecule has 0 saturated carbocycles. The number of rotatable bonds is 7. The highest BCUT2D eigenvalue weighted by atomic mass is 16.5. The van der Waals surface area contributed by atoms with Gasteiger partial charge in [0.05, 0.1) is 24.8 Å². The molecule has 0 saturated heterocycles. The lowest BCUT2D eigenvalue weighted by molar-refractivity contribution is -0.147. The van der Waals surface area contributed by atoms with Gasteiger partial charge in [-0.05, 0) is 96.4 Å². The molecule has 45 heavy (non-hydrogen) atoms. The van der Waals surface area contributed by atoms with Gasteiger partial charge in [0.2, 0.25) is 0 Å². The van der Waals surface area contributed by atoms with Crippen molar-refractivity contribution in [3.63, 3.8) is 0 Å². The molecule has 3 aromatic rings. The number of anilines is 1. The minimum atomic E-state index is -0.560. The van der Waals surface area contributed by atoms with Crippen molar-refractivity contribution in [1.29, 1.82) is 0 Å². The fraction of sp³-hybridized carbons (Fsp3) is 0.524. The van der Waals surface area contributed by atoms with Gasteiger partial charge in [0.1, 0.15) is 5.60 Å². The van der Waals surface area contributed by atoms with Crippen molar-refractivity contribution in [3.8, 4) is 11.1 Å². The van der Waals surface area contributed by atoms with Crippen LogP contribution in [-0.4, -0.2) is 23.9 Å². The van der Waals surface area contributed by atoms with Gasteiger partial charge in [-0.2, -0.15) is 0 Å². The smallest absolute Gasteiger partial charge is 0.109 e. The fourth-order valence-corrected chi connectivity index (χ4v) is 7.45. The van der Waals surface area contributed by atoms with Crippen LogP contribution in [0.3, 0.4) is 0 Å². The van der Waals surface area contributed by atoms with Crippen LogP contribution in [0.15, 0.2) is 60.7 Å². The van der Waals surface area contributed by atoms with Crippen LogP contribution in [0.25, 0.3) is 16.7 Å². The molecule has 3 heteroatoms. The molecule has 3 aromatic carbocycles. The Morgan fingerprint density at radius 3 is 2.11 bits per heavy atom. The standard InChI is InChI=1S/C42H57NO2/c1-26(2)19-32-23-36-34-21-28(4)20-29(5)39(34)42(12,45-38(41(9,10)11)24-37(44)40(6,7)8)25-43(36)35-18-17-31(22-33(32)35)30-15-13-27(3)14-16-30/h13-18,20-23,26,36-38,44H,19,24-25H2,1-12H3/t36?,37?,38?,42-/m1/s1. The van der Waals surface area contributed by atoms with E-state index >= 15 is 0 Å². The maximum atomic E-state index is 11.3. The average Bonchev–Trinajstić information content (AvgIpc) is 2.92. The van der Waals surface area contributed by atoms with Gasteiger partial charge in [-0.1, -0.05) is 115 Å². The van der Waals surface area contributed by atoms with Crippen LogP contribution < -0.4 is 4.90 Å². The molecule has 0 aromatic heterocycles. The number of aryl methyl sites for hydroxylation is 3. The maximum Gasteiger partial charge on any atom is 0.109 e. The quantitative estimate of drug-likeness (QED) is 0.290. The zero-order chi connectivity index (χ0) is 33.1. The SMILES string of the molecule is Cc1ccc(-c2ccc3c(c2)C(CC(C)C)=CC2c4cc(C)cc(C)c4[C@](C)(OC(CC(O)C(C)(C)C)C(C)(C)C)CN32)cc1. The van der Waals surface area contributed by atoms with Crippen LogP contribution in [0.5, 0.6) is 0 Å². The minimum Gasteiger partial charge on any atom is -0.392 e. The molecule has 0 amide bonds. The third-order valence-corrected chi connectivity index (χ3v) is 10.00. The second-order valence-corrected chi connectivity index (χ2v) is 16.8. The Morgan fingerprint density at radius 2 is 1.51 bits per heavy atom. The van der Waals surface area contributed by atoms with E-state index in [1.807, 2.05) is 0 Å². The molecular formula is C42H57NO2. The van der Waals surface area contributed by atoms with Crippen LogP contribution in [0, 0.1) is 37.5 Å². The molecule has 0 fully saturated rings. The van der Waals surface area contributed by atoms with Crippen LogP contribution in [0.1, 0.15) is 115 Å². The molecule has 0 spiro atoms. The molecule has 242 valence electrons. The van der Waals surface area contributed by atoms with E-state index in [9.17, 15) is 5.11 Å². The summed E-state index contributed by atoms with van der Waals surface area (Å²) in [4.78, 5) is 2.60. The third kappa shape index (κ3) is 6.81. The van der Waals surface area contributed by atoms with Gasteiger partial charge in [-0.25, -0.2) is 0 Å². The number of allylic oxidation sites excluding steroid dienone is 1. The first-order chi connectivity index (χ1) is 20.9. The lowest BCUT2D eigenvalue weighted by Crippen LogP contribution is -2.52. The second-order valence-electron chi connectivity index (χ2n) is 16.8. The van der Waals surface area contributed by atoms with Gasteiger partial charge in [0.25, 0.3) is 0 Å². The Balaban J connectivity index is 1.66. The molecule has 5 rings (SSSR count). The van der Waals surface area contributed by atoms with Gasteiger partial charge in [-0.3, -0.25) is 0 Å². The first-order valence-electron chi connectivity index (χ1n) is 17.0. The lowest BCUT2D eigenvalue weighted by Gasteiger charge is -2.52. The molecule has 3 unspecified atom stereocenters. The minimum absolute atomic E-state index is 0.123. The zero-order valence-electron chi connectivity index (χ0n) is 30.0. The van der Waals surface area contributed by atoms with Crippen molar-refractivity contribution >= 4 is 11.3 Å². The summed E-state index contributed by atoms with van der Waals surface area (Å²) in [7, 11) is 0. The van der Waals surface area contributed by atoms with E-state index in [0.717, 1.165) is 13.0 Å². The molecular weight excluding hydrogens is 550 g/mol. The van der Waals surface area contributed by atoms with Gasteiger partial charge in [-0.15, -0.1) is 0 Å². The highest BCUT2D eigenvalue weighted by Gasteiger charge is 2.47. The summed E-state index contributed by atoms with van der Waals surface area (Å²) in [5, 5.41) is 11.3. The molecule has 0 aliphatic carbocycles. The topological polar surface area (TPSA) is 32.7 Å². The predicted octanol–water partition coefficient (Wildman–Crippen LogP) is 10.7. The normalized spacial score (nSPS) is 21.2. The molecule has 1 N–H and O–H groups in total. The van der Waals surface area contributed by atoms with E-state index in [2.05, 4.69) is 149 Å². The van der Waals surface area contributed by atoms with Crippen LogP contribution in [0.4, 0.5) is 5.69 Å². The second kappa shape index (κ2) is 12.0. The first kappa shape index (κ1) is 33.5. The van der Waals surface area contributed by atoms with Crippen molar-refractivity contribution in [1.82, 2.24) is 0 Å². The lowest BCUT2D eigenvalue weighted by atomic mass is 9.74. The molecule has 0 bridgehead atoms. The van der Waals surface area contributed by atoms with Crippen molar-refractivity contribution in [2.75, 3.05) is 11.4 Å². The summed E-state index contributed by atoms with van der Waals surface area (Å²) in [6, 6.07) is 20.8. The van der Waals surface area contributed by atoms with E-state index < -0.39 is 11.7 Å². The van der Waals surface area contributed by atoms with Gasteiger partial charge in [0, 0.05) is 17.7 Å². The predicted molar refractivity (Wildman–Crippen MR) is 192 cm³/mol. The molecule has 3 nitrogen and oxygen atoms in total. The van der Waals surface area contributed by atoms with E-state index in [0.29, 0.717) is 12.3 Å². The molecule has 2 aliphatic rings. The summed E-state index contributed by atoms with van der Waals surface area (Å²) >= 11 is 0. The number of nitrogens with zero attached hydrogens (tertiary/aromatic N) is 1. The first-order valence-corrected chi connectivity index (χ1v) is 17.0. The van der Waals surface area contributed by atoms with Crippen molar-refractivity contribution in [3.05, 3.63) is 94.1 Å². The zero-order valence-corrected chi connectivity index (χ0v) is 30.0. The Kier molecular flexibility index (Phi) is 8.96. The van der Waals surface area contributed by atoms with Crippen molar-refractivity contribution in [2.24, 2.45) is 16.7 Å². The Labute approximate surface area is 273 Å². The highest BCUT2D eigenvalue weighted by Crippen LogP contribution is 2.52. The Hall–Kier alpha value is -2.88. The van der Waals surface area contributed by atoms with Crippen LogP contribution in [0.2, 0.25) is 0 Å². The summed E-state index contributed by atoms with van der Waals surface area (Å²) in [6.07, 6.45) is 3.60. The van der Waals surface area contributed by atoms with Crippen LogP contribution in [-0.2, 0) is 10.3 Å². The number of hydrogen-bond acceptors (Lipinski definition) is 3. The van der Waals surface area contributed by atoms with E-state index in [4.69, 9.17) is 4.74 Å². The molecule has 4 atom stereocenters. The number of aliphatic hydroxyl groups excluding tert-OH is 1. The third-order valence-electron chi connectivity index (χ3n) is 10.00.